The molecule has 0 spiro atoms. The van der Waals surface area contributed by atoms with E-state index in [1.54, 1.807) is 0 Å². The van der Waals surface area contributed by atoms with E-state index < -0.39 is 6.10 Å². The maximum Gasteiger partial charge on any atom is 0.100 e. The van der Waals surface area contributed by atoms with Gasteiger partial charge in [0.25, 0.3) is 0 Å². The van der Waals surface area contributed by atoms with Gasteiger partial charge in [0.15, 0.2) is 0 Å². The van der Waals surface area contributed by atoms with Crippen LogP contribution in [0.2, 0.25) is 0 Å². The summed E-state index contributed by atoms with van der Waals surface area (Å²) < 4.78 is 5.28. The predicted octanol–water partition coefficient (Wildman–Crippen LogP) is 1.33. The second-order valence-electron chi connectivity index (χ2n) is 4.20. The van der Waals surface area contributed by atoms with Crippen molar-refractivity contribution in [3.05, 3.63) is 0 Å². The van der Waals surface area contributed by atoms with Gasteiger partial charge >= 0.3 is 0 Å². The van der Waals surface area contributed by atoms with Crippen molar-refractivity contribution in [3.8, 4) is 0 Å². The van der Waals surface area contributed by atoms with Crippen LogP contribution in [0.25, 0.3) is 0 Å². The highest BCUT2D eigenvalue weighted by Gasteiger charge is 2.13. The number of aliphatic hydroxyl groups excluding tert-OH is 2. The van der Waals surface area contributed by atoms with Gasteiger partial charge in [-0.05, 0) is 12.3 Å². The summed E-state index contributed by atoms with van der Waals surface area (Å²) in [4.78, 5) is 0. The average Bonchev–Trinajstić information content (AvgIpc) is 2.25. The molecule has 3 nitrogen and oxygen atoms in total. The molecule has 1 aliphatic carbocycles. The van der Waals surface area contributed by atoms with E-state index in [4.69, 9.17) is 14.9 Å². The van der Waals surface area contributed by atoms with Crippen molar-refractivity contribution in [2.75, 3.05) is 19.8 Å². The largest absolute Gasteiger partial charge is 0.394 e. The Balaban J connectivity index is 1.92. The molecule has 0 heterocycles. The third kappa shape index (κ3) is 4.94. The van der Waals surface area contributed by atoms with Crippen LogP contribution < -0.4 is 0 Å². The minimum atomic E-state index is -0.707. The second kappa shape index (κ2) is 7.21. The van der Waals surface area contributed by atoms with Crippen LogP contribution in [0.3, 0.4) is 0 Å². The monoisotopic (exact) mass is 202 g/mol. The highest BCUT2D eigenvalue weighted by Crippen LogP contribution is 2.25. The molecular weight excluding hydrogens is 180 g/mol. The van der Waals surface area contributed by atoms with Crippen molar-refractivity contribution >= 4 is 0 Å². The summed E-state index contributed by atoms with van der Waals surface area (Å²) in [6.45, 7) is 0.786. The van der Waals surface area contributed by atoms with E-state index in [1.807, 2.05) is 0 Å². The Morgan fingerprint density at radius 3 is 2.57 bits per heavy atom. The van der Waals surface area contributed by atoms with Gasteiger partial charge in [0.1, 0.15) is 6.10 Å². The zero-order valence-corrected chi connectivity index (χ0v) is 8.82. The summed E-state index contributed by atoms with van der Waals surface area (Å²) in [5, 5.41) is 17.6. The molecule has 1 rings (SSSR count). The molecule has 0 amide bonds. The van der Waals surface area contributed by atoms with Gasteiger partial charge in [-0.15, -0.1) is 0 Å². The molecule has 0 aromatic rings. The van der Waals surface area contributed by atoms with E-state index in [0.717, 1.165) is 18.9 Å². The Morgan fingerprint density at radius 2 is 1.93 bits per heavy atom. The number of hydrogen-bond donors (Lipinski definition) is 2. The molecule has 2 N–H and O–H groups in total. The molecule has 0 aliphatic heterocycles. The third-order valence-electron chi connectivity index (χ3n) is 2.92. The molecule has 84 valence electrons. The van der Waals surface area contributed by atoms with E-state index >= 15 is 0 Å². The highest BCUT2D eigenvalue weighted by atomic mass is 16.5. The number of aliphatic hydroxyl groups is 2. The zero-order valence-electron chi connectivity index (χ0n) is 8.82. The first-order valence-electron chi connectivity index (χ1n) is 5.69. The maximum absolute atomic E-state index is 9.02. The minimum Gasteiger partial charge on any atom is -0.394 e. The normalized spacial score (nSPS) is 21.0. The fraction of sp³-hybridized carbons (Fsp3) is 1.00. The molecule has 0 bridgehead atoms. The first kappa shape index (κ1) is 12.0. The van der Waals surface area contributed by atoms with Gasteiger partial charge in [-0.1, -0.05) is 32.1 Å². The van der Waals surface area contributed by atoms with Crippen molar-refractivity contribution < 1.29 is 14.9 Å². The first-order valence-corrected chi connectivity index (χ1v) is 5.69. The van der Waals surface area contributed by atoms with Crippen LogP contribution in [0.1, 0.15) is 38.5 Å². The number of hydrogen-bond acceptors (Lipinski definition) is 3. The van der Waals surface area contributed by atoms with Crippen LogP contribution in [0.4, 0.5) is 0 Å². The van der Waals surface area contributed by atoms with Gasteiger partial charge in [0.05, 0.1) is 13.2 Å². The van der Waals surface area contributed by atoms with Crippen molar-refractivity contribution in [3.63, 3.8) is 0 Å². The molecule has 1 aliphatic rings. The van der Waals surface area contributed by atoms with Crippen molar-refractivity contribution in [2.24, 2.45) is 5.92 Å². The van der Waals surface area contributed by atoms with Crippen molar-refractivity contribution in [1.29, 1.82) is 0 Å². The van der Waals surface area contributed by atoms with Gasteiger partial charge in [-0.25, -0.2) is 0 Å². The zero-order chi connectivity index (χ0) is 10.2. The molecule has 3 heteroatoms. The van der Waals surface area contributed by atoms with Crippen LogP contribution in [0.5, 0.6) is 0 Å². The van der Waals surface area contributed by atoms with Crippen LogP contribution in [0.15, 0.2) is 0 Å². The lowest BCUT2D eigenvalue weighted by Gasteiger charge is -2.21. The fourth-order valence-corrected chi connectivity index (χ4v) is 2.00. The minimum absolute atomic E-state index is 0.205. The average molecular weight is 202 g/mol. The predicted molar refractivity (Wildman–Crippen MR) is 55.1 cm³/mol. The Kier molecular flexibility index (Phi) is 6.15. The summed E-state index contributed by atoms with van der Waals surface area (Å²) in [5.74, 6) is 0.829. The van der Waals surface area contributed by atoms with E-state index in [-0.39, 0.29) is 13.2 Å². The van der Waals surface area contributed by atoms with Crippen molar-refractivity contribution in [2.45, 2.75) is 44.6 Å². The third-order valence-corrected chi connectivity index (χ3v) is 2.92. The van der Waals surface area contributed by atoms with Crippen LogP contribution in [0, 0.1) is 5.92 Å². The van der Waals surface area contributed by atoms with Crippen LogP contribution in [-0.4, -0.2) is 36.1 Å². The molecule has 14 heavy (non-hydrogen) atoms. The van der Waals surface area contributed by atoms with Crippen LogP contribution >= 0.6 is 0 Å². The van der Waals surface area contributed by atoms with E-state index in [9.17, 15) is 0 Å². The molecule has 1 atom stereocenters. The molecule has 1 unspecified atom stereocenters. The SMILES string of the molecule is OCC(O)COCCC1CCCCC1. The highest BCUT2D eigenvalue weighted by molar-refractivity contribution is 4.65. The standard InChI is InChI=1S/C11H22O3/c12-8-11(13)9-14-7-6-10-4-2-1-3-5-10/h10-13H,1-9H2. The Labute approximate surface area is 86.1 Å². The summed E-state index contributed by atoms with van der Waals surface area (Å²) in [6, 6.07) is 0. The Morgan fingerprint density at radius 1 is 1.21 bits per heavy atom. The quantitative estimate of drug-likeness (QED) is 0.639. The molecule has 0 saturated heterocycles. The Bertz CT molecular complexity index is 132. The second-order valence-corrected chi connectivity index (χ2v) is 4.20. The summed E-state index contributed by atoms with van der Waals surface area (Å²) in [5.41, 5.74) is 0. The Hall–Kier alpha value is -0.120. The van der Waals surface area contributed by atoms with Gasteiger partial charge in [-0.2, -0.15) is 0 Å². The molecular formula is C11H22O3. The lowest BCUT2D eigenvalue weighted by molar-refractivity contribution is 0.00177. The molecule has 1 saturated carbocycles. The lowest BCUT2D eigenvalue weighted by atomic mass is 9.87. The summed E-state index contributed by atoms with van der Waals surface area (Å²) in [6.07, 6.45) is 7.20. The maximum atomic E-state index is 9.02. The van der Waals surface area contributed by atoms with E-state index in [2.05, 4.69) is 0 Å². The number of ether oxygens (including phenoxy) is 1. The van der Waals surface area contributed by atoms with Gasteiger partial charge in [-0.3, -0.25) is 0 Å². The van der Waals surface area contributed by atoms with E-state index in [0.29, 0.717) is 0 Å². The van der Waals surface area contributed by atoms with Gasteiger partial charge < -0.3 is 14.9 Å². The molecule has 0 aromatic carbocycles. The molecule has 0 radical (unpaired) electrons. The van der Waals surface area contributed by atoms with Crippen molar-refractivity contribution in [1.82, 2.24) is 0 Å². The number of rotatable bonds is 6. The van der Waals surface area contributed by atoms with Gasteiger partial charge in [0.2, 0.25) is 0 Å². The fourth-order valence-electron chi connectivity index (χ4n) is 2.00. The summed E-state index contributed by atoms with van der Waals surface area (Å²) in [7, 11) is 0. The van der Waals surface area contributed by atoms with E-state index in [1.165, 1.54) is 32.1 Å². The first-order chi connectivity index (χ1) is 6.83. The smallest absolute Gasteiger partial charge is 0.100 e. The molecule has 1 fully saturated rings. The van der Waals surface area contributed by atoms with Gasteiger partial charge in [0, 0.05) is 6.61 Å². The molecule has 0 aromatic heterocycles. The lowest BCUT2D eigenvalue weighted by Crippen LogP contribution is -2.20. The topological polar surface area (TPSA) is 49.7 Å². The van der Waals surface area contributed by atoms with Crippen LogP contribution in [-0.2, 0) is 4.74 Å². The summed E-state index contributed by atoms with van der Waals surface area (Å²) >= 11 is 0.